The highest BCUT2D eigenvalue weighted by Gasteiger charge is 2.46. The Bertz CT molecular complexity index is 1680. The van der Waals surface area contributed by atoms with Gasteiger partial charge in [0.2, 0.25) is 0 Å². The van der Waals surface area contributed by atoms with Crippen molar-refractivity contribution in [1.29, 1.82) is 0 Å². The molecule has 0 spiro atoms. The number of rotatable bonds is 12. The number of Topliss-reactive ketones (excluding diaryl/α,β-unsaturated/α-hetero) is 1. The number of aliphatic hydroxyl groups is 1. The van der Waals surface area contributed by atoms with Gasteiger partial charge in [0.1, 0.15) is 24.7 Å². The number of amides is 1. The number of hydrogen-bond donors (Lipinski definition) is 1. The van der Waals surface area contributed by atoms with Crippen LogP contribution in [-0.2, 0) is 22.8 Å². The summed E-state index contributed by atoms with van der Waals surface area (Å²) in [6, 6.07) is 29.2. The lowest BCUT2D eigenvalue weighted by Gasteiger charge is -2.27. The van der Waals surface area contributed by atoms with Crippen LogP contribution >= 0.6 is 0 Å². The van der Waals surface area contributed by atoms with Gasteiger partial charge in [0.25, 0.3) is 11.7 Å². The summed E-state index contributed by atoms with van der Waals surface area (Å²) in [6.45, 7) is 3.61. The van der Waals surface area contributed by atoms with Crippen molar-refractivity contribution in [3.05, 3.63) is 130 Å². The van der Waals surface area contributed by atoms with Crippen LogP contribution in [0.2, 0.25) is 0 Å². The van der Waals surface area contributed by atoms with Gasteiger partial charge in [-0.2, -0.15) is 0 Å². The maximum Gasteiger partial charge on any atom is 0.295 e. The number of aryl methyl sites for hydroxylation is 1. The van der Waals surface area contributed by atoms with Gasteiger partial charge < -0.3 is 29.1 Å². The molecule has 4 aromatic rings. The molecule has 0 aliphatic carbocycles. The van der Waals surface area contributed by atoms with Crippen molar-refractivity contribution in [2.45, 2.75) is 26.2 Å². The molecule has 232 valence electrons. The average Bonchev–Trinajstić information content (AvgIpc) is 3.31. The van der Waals surface area contributed by atoms with Crippen molar-refractivity contribution in [3.8, 4) is 17.2 Å². The van der Waals surface area contributed by atoms with Crippen molar-refractivity contribution in [2.24, 2.45) is 0 Å². The van der Waals surface area contributed by atoms with Gasteiger partial charge in [-0.1, -0.05) is 60.7 Å². The zero-order valence-corrected chi connectivity index (χ0v) is 26.0. The van der Waals surface area contributed by atoms with Gasteiger partial charge in [0.15, 0.2) is 11.5 Å². The maximum absolute atomic E-state index is 13.5. The van der Waals surface area contributed by atoms with Crippen LogP contribution in [0.4, 0.5) is 0 Å². The number of methoxy groups -OCH3 is 1. The Morgan fingerprint density at radius 1 is 0.844 bits per heavy atom. The lowest BCUT2D eigenvalue weighted by molar-refractivity contribution is -0.140. The third-order valence-electron chi connectivity index (χ3n) is 7.85. The van der Waals surface area contributed by atoms with Gasteiger partial charge in [-0.05, 0) is 79.7 Å². The standard InChI is InChI=1S/C37H38N2O6/c1-25-10-8-9-13-29(25)24-44-30-17-14-27(15-18-30)35(40)33-34(39(21-20-38(2)3)37(42)36(33)41)28-16-19-31(32(22-28)43-4)45-23-26-11-6-5-7-12-26/h5-19,22,34,40H,20-21,23-24H2,1-4H3. The molecule has 1 unspecified atom stereocenters. The fraction of sp³-hybridized carbons (Fsp3) is 0.243. The van der Waals surface area contributed by atoms with Crippen LogP contribution in [0.1, 0.15) is 33.9 Å². The van der Waals surface area contributed by atoms with Crippen LogP contribution in [0.3, 0.4) is 0 Å². The van der Waals surface area contributed by atoms with E-state index in [9.17, 15) is 14.7 Å². The summed E-state index contributed by atoms with van der Waals surface area (Å²) >= 11 is 0. The predicted octanol–water partition coefficient (Wildman–Crippen LogP) is 6.14. The molecule has 5 rings (SSSR count). The lowest BCUT2D eigenvalue weighted by atomic mass is 9.95. The Balaban J connectivity index is 1.46. The van der Waals surface area contributed by atoms with E-state index in [4.69, 9.17) is 14.2 Å². The molecule has 0 saturated carbocycles. The molecular weight excluding hydrogens is 568 g/mol. The first kappa shape index (κ1) is 31.3. The first-order valence-corrected chi connectivity index (χ1v) is 14.8. The molecule has 1 saturated heterocycles. The van der Waals surface area contributed by atoms with E-state index in [0.29, 0.717) is 54.7 Å². The molecule has 1 N–H and O–H groups in total. The van der Waals surface area contributed by atoms with Crippen LogP contribution in [0.15, 0.2) is 103 Å². The third kappa shape index (κ3) is 7.19. The summed E-state index contributed by atoms with van der Waals surface area (Å²) in [5.74, 6) is -0.0500. The quantitative estimate of drug-likeness (QED) is 0.118. The number of carbonyl (C=O) groups is 2. The number of carbonyl (C=O) groups excluding carboxylic acids is 2. The molecule has 8 nitrogen and oxygen atoms in total. The summed E-state index contributed by atoms with van der Waals surface area (Å²) < 4.78 is 17.7. The van der Waals surface area contributed by atoms with Crippen molar-refractivity contribution >= 4 is 17.4 Å². The van der Waals surface area contributed by atoms with Crippen LogP contribution in [-0.4, -0.2) is 60.9 Å². The van der Waals surface area contributed by atoms with Gasteiger partial charge in [0, 0.05) is 18.7 Å². The van der Waals surface area contributed by atoms with E-state index in [2.05, 4.69) is 0 Å². The smallest absolute Gasteiger partial charge is 0.295 e. The number of aliphatic hydroxyl groups excluding tert-OH is 1. The van der Waals surface area contributed by atoms with Gasteiger partial charge in [-0.15, -0.1) is 0 Å². The molecular formula is C37H38N2O6. The van der Waals surface area contributed by atoms with Gasteiger partial charge in [0.05, 0.1) is 18.7 Å². The van der Waals surface area contributed by atoms with E-state index in [1.165, 1.54) is 4.90 Å². The second-order valence-corrected chi connectivity index (χ2v) is 11.2. The monoisotopic (exact) mass is 606 g/mol. The summed E-state index contributed by atoms with van der Waals surface area (Å²) in [5.41, 5.74) is 4.27. The van der Waals surface area contributed by atoms with Crippen LogP contribution in [0, 0.1) is 6.92 Å². The average molecular weight is 607 g/mol. The highest BCUT2D eigenvalue weighted by atomic mass is 16.5. The Kier molecular flexibility index (Phi) is 9.85. The van der Waals surface area contributed by atoms with Crippen molar-refractivity contribution in [3.63, 3.8) is 0 Å². The van der Waals surface area contributed by atoms with Crippen molar-refractivity contribution in [2.75, 3.05) is 34.3 Å². The Hall–Kier alpha value is -5.08. The first-order chi connectivity index (χ1) is 21.8. The minimum absolute atomic E-state index is 0.0207. The molecule has 1 amide bonds. The van der Waals surface area contributed by atoms with Crippen LogP contribution < -0.4 is 14.2 Å². The largest absolute Gasteiger partial charge is 0.507 e. The molecule has 4 aromatic carbocycles. The molecule has 1 atom stereocenters. The zero-order chi connectivity index (χ0) is 31.9. The molecule has 8 heteroatoms. The number of ketones is 1. The van der Waals surface area contributed by atoms with E-state index in [0.717, 1.165) is 16.7 Å². The van der Waals surface area contributed by atoms with E-state index < -0.39 is 17.7 Å². The molecule has 0 bridgehead atoms. The van der Waals surface area contributed by atoms with Crippen LogP contribution in [0.5, 0.6) is 17.2 Å². The first-order valence-electron chi connectivity index (χ1n) is 14.8. The van der Waals surface area contributed by atoms with Crippen molar-refractivity contribution in [1.82, 2.24) is 9.80 Å². The minimum Gasteiger partial charge on any atom is -0.507 e. The topological polar surface area (TPSA) is 88.5 Å². The van der Waals surface area contributed by atoms with Gasteiger partial charge >= 0.3 is 0 Å². The fourth-order valence-corrected chi connectivity index (χ4v) is 5.27. The van der Waals surface area contributed by atoms with E-state index in [1.807, 2.05) is 80.5 Å². The molecule has 0 aromatic heterocycles. The predicted molar refractivity (Wildman–Crippen MR) is 173 cm³/mol. The van der Waals surface area contributed by atoms with E-state index in [1.54, 1.807) is 49.6 Å². The SMILES string of the molecule is COc1cc(C2C(=C(O)c3ccc(OCc4ccccc4C)cc3)C(=O)C(=O)N2CCN(C)C)ccc1OCc1ccccc1. The fourth-order valence-electron chi connectivity index (χ4n) is 5.27. The number of likely N-dealkylation sites (tertiary alicyclic amines) is 1. The van der Waals surface area contributed by atoms with Gasteiger partial charge in [-0.3, -0.25) is 9.59 Å². The Morgan fingerprint density at radius 3 is 2.24 bits per heavy atom. The highest BCUT2D eigenvalue weighted by molar-refractivity contribution is 6.46. The van der Waals surface area contributed by atoms with Crippen LogP contribution in [0.25, 0.3) is 5.76 Å². The number of ether oxygens (including phenoxy) is 3. The van der Waals surface area contributed by atoms with Gasteiger partial charge in [-0.25, -0.2) is 0 Å². The second-order valence-electron chi connectivity index (χ2n) is 11.2. The van der Waals surface area contributed by atoms with E-state index >= 15 is 0 Å². The summed E-state index contributed by atoms with van der Waals surface area (Å²) in [5, 5.41) is 11.5. The van der Waals surface area contributed by atoms with E-state index in [-0.39, 0.29) is 11.3 Å². The minimum atomic E-state index is -0.820. The summed E-state index contributed by atoms with van der Waals surface area (Å²) in [6.07, 6.45) is 0. The molecule has 1 fully saturated rings. The normalized spacial score (nSPS) is 15.8. The number of hydrogen-bond acceptors (Lipinski definition) is 7. The second kappa shape index (κ2) is 14.1. The number of benzene rings is 4. The Morgan fingerprint density at radius 2 is 1.56 bits per heavy atom. The summed E-state index contributed by atoms with van der Waals surface area (Å²) in [4.78, 5) is 30.3. The molecule has 0 radical (unpaired) electrons. The Labute approximate surface area is 264 Å². The van der Waals surface area contributed by atoms with Crippen molar-refractivity contribution < 1.29 is 28.9 Å². The number of nitrogens with zero attached hydrogens (tertiary/aromatic N) is 2. The zero-order valence-electron chi connectivity index (χ0n) is 26.0. The molecule has 1 heterocycles. The third-order valence-corrected chi connectivity index (χ3v) is 7.85. The number of likely N-dealkylation sites (N-methyl/N-ethyl adjacent to an activating group) is 1. The highest BCUT2D eigenvalue weighted by Crippen LogP contribution is 2.42. The molecule has 1 aliphatic heterocycles. The maximum atomic E-state index is 13.5. The molecule has 1 aliphatic rings. The summed E-state index contributed by atoms with van der Waals surface area (Å²) in [7, 11) is 5.34. The lowest BCUT2D eigenvalue weighted by Crippen LogP contribution is -2.35. The molecule has 45 heavy (non-hydrogen) atoms.